The van der Waals surface area contributed by atoms with Crippen LogP contribution in [0.3, 0.4) is 0 Å². The van der Waals surface area contributed by atoms with Gasteiger partial charge in [-0.1, -0.05) is 46.4 Å². The van der Waals surface area contributed by atoms with Crippen LogP contribution >= 0.6 is 46.4 Å². The van der Waals surface area contributed by atoms with Gasteiger partial charge in [0.05, 0.1) is 0 Å². The summed E-state index contributed by atoms with van der Waals surface area (Å²) in [6.07, 6.45) is -14.2. The minimum atomic E-state index is -7.16. The molecule has 0 fully saturated rings. The van der Waals surface area contributed by atoms with E-state index in [9.17, 15) is 61.5 Å². The molecule has 0 aromatic rings. The molecule has 0 aromatic carbocycles. The average molecular weight is 536 g/mol. The summed E-state index contributed by atoms with van der Waals surface area (Å²) in [7, 11) is 0. The van der Waals surface area contributed by atoms with E-state index in [1.807, 2.05) is 0 Å². The lowest BCUT2D eigenvalue weighted by Gasteiger charge is -2.38. The zero-order chi connectivity index (χ0) is 23.4. The van der Waals surface area contributed by atoms with Crippen LogP contribution in [0, 0.1) is 0 Å². The van der Waals surface area contributed by atoms with E-state index in [0.717, 1.165) is 0 Å². The Hall–Kier alpha value is 0.1000. The summed E-state index contributed by atoms with van der Waals surface area (Å²) in [5.41, 5.74) is 0. The molecule has 0 radical (unpaired) electrons. The van der Waals surface area contributed by atoms with E-state index >= 15 is 0 Å². The lowest BCUT2D eigenvalue weighted by molar-refractivity contribution is -0.451. The van der Waals surface area contributed by atoms with Crippen LogP contribution in [0.5, 0.6) is 0 Å². The SMILES string of the molecule is FC(F)(F)C(F)(F)C(F)(F)C(Cl)(Cl)OOC(Cl)(Cl)C(F)(F)C(F)(F)C(F)(F)F. The van der Waals surface area contributed by atoms with E-state index in [2.05, 4.69) is 56.2 Å². The van der Waals surface area contributed by atoms with Crippen molar-refractivity contribution in [3.05, 3.63) is 0 Å². The van der Waals surface area contributed by atoms with Gasteiger partial charge in [-0.2, -0.15) is 71.2 Å². The Balaban J connectivity index is 5.84. The Kier molecular flexibility index (Phi) is 7.38. The Bertz CT molecular complexity index is 519. The van der Waals surface area contributed by atoms with Crippen LogP contribution in [-0.4, -0.2) is 45.1 Å². The quantitative estimate of drug-likeness (QED) is 0.153. The average Bonchev–Trinajstić information content (AvgIpc) is 2.42. The molecule has 0 unspecified atom stereocenters. The van der Waals surface area contributed by atoms with Gasteiger partial charge in [0.15, 0.2) is 0 Å². The first-order chi connectivity index (χ1) is 11.7. The molecule has 0 bridgehead atoms. The van der Waals surface area contributed by atoms with Gasteiger partial charge in [0, 0.05) is 0 Å². The van der Waals surface area contributed by atoms with E-state index in [1.165, 1.54) is 0 Å². The fourth-order valence-corrected chi connectivity index (χ4v) is 1.53. The normalized spacial score (nSPS) is 16.5. The Labute approximate surface area is 163 Å². The fourth-order valence-electron chi connectivity index (χ4n) is 0.931. The van der Waals surface area contributed by atoms with E-state index in [-0.39, 0.29) is 0 Å². The third-order valence-corrected chi connectivity index (χ3v) is 3.68. The lowest BCUT2D eigenvalue weighted by atomic mass is 10.1. The molecule has 0 aliphatic heterocycles. The highest BCUT2D eigenvalue weighted by Crippen LogP contribution is 2.58. The molecule has 0 aromatic heterocycles. The zero-order valence-corrected chi connectivity index (χ0v) is 14.6. The maximum Gasteiger partial charge on any atom is 0.460 e. The minimum absolute atomic E-state index is 2.69. The lowest BCUT2D eigenvalue weighted by Crippen LogP contribution is -2.63. The summed E-state index contributed by atoms with van der Waals surface area (Å²) < 4.78 is 165. The van der Waals surface area contributed by atoms with Gasteiger partial charge in [0.1, 0.15) is 0 Å². The van der Waals surface area contributed by atoms with Gasteiger partial charge in [-0.3, -0.25) is 0 Å². The molecular formula is C8Cl4F14O2. The first-order valence-electron chi connectivity index (χ1n) is 5.48. The zero-order valence-electron chi connectivity index (χ0n) is 11.6. The Morgan fingerprint density at radius 3 is 0.679 bits per heavy atom. The molecular weight excluding hydrogens is 536 g/mol. The molecule has 2 nitrogen and oxygen atoms in total. The van der Waals surface area contributed by atoms with E-state index in [1.54, 1.807) is 0 Å². The van der Waals surface area contributed by atoms with Crippen molar-refractivity contribution in [2.24, 2.45) is 0 Å². The highest BCUT2D eigenvalue weighted by molar-refractivity contribution is 6.49. The predicted molar refractivity (Wildman–Crippen MR) is 62.9 cm³/mol. The van der Waals surface area contributed by atoms with Crippen molar-refractivity contribution in [2.45, 2.75) is 45.1 Å². The van der Waals surface area contributed by atoms with Crippen LogP contribution in [0.2, 0.25) is 0 Å². The van der Waals surface area contributed by atoms with E-state index < -0.39 is 45.1 Å². The van der Waals surface area contributed by atoms with Crippen molar-refractivity contribution in [3.8, 4) is 0 Å². The van der Waals surface area contributed by atoms with Crippen molar-refractivity contribution in [1.29, 1.82) is 0 Å². The number of alkyl halides is 18. The molecule has 0 rings (SSSR count). The predicted octanol–water partition coefficient (Wildman–Crippen LogP) is 6.86. The number of rotatable bonds is 7. The standard InChI is InChI=1S/C8Cl4F14O2/c9-5(10,1(13,14)3(17,18)7(21,22)23)27-28-6(11,12)2(15,16)4(19,20)8(24,25)26. The number of halogens is 18. The molecule has 170 valence electrons. The topological polar surface area (TPSA) is 18.5 Å². The van der Waals surface area contributed by atoms with Crippen molar-refractivity contribution in [3.63, 3.8) is 0 Å². The van der Waals surface area contributed by atoms with Gasteiger partial charge in [-0.05, 0) is 0 Å². The molecule has 28 heavy (non-hydrogen) atoms. The maximum absolute atomic E-state index is 13.2. The Morgan fingerprint density at radius 1 is 0.357 bits per heavy atom. The van der Waals surface area contributed by atoms with E-state index in [0.29, 0.717) is 0 Å². The van der Waals surface area contributed by atoms with Crippen LogP contribution in [0.4, 0.5) is 61.5 Å². The van der Waals surface area contributed by atoms with Crippen molar-refractivity contribution < 1.29 is 71.2 Å². The van der Waals surface area contributed by atoms with Crippen LogP contribution in [0.15, 0.2) is 0 Å². The first-order valence-corrected chi connectivity index (χ1v) is 6.99. The maximum atomic E-state index is 13.2. The van der Waals surface area contributed by atoms with Crippen LogP contribution in [-0.2, 0) is 9.78 Å². The van der Waals surface area contributed by atoms with Gasteiger partial charge in [0.25, 0.3) is 0 Å². The molecule has 0 aliphatic rings. The van der Waals surface area contributed by atoms with Gasteiger partial charge < -0.3 is 0 Å². The number of hydrogen-bond donors (Lipinski definition) is 0. The third-order valence-electron chi connectivity index (χ3n) is 2.48. The smallest absolute Gasteiger partial charge is 0.193 e. The highest BCUT2D eigenvalue weighted by Gasteiger charge is 2.83. The molecule has 0 spiro atoms. The molecule has 0 aliphatic carbocycles. The molecule has 0 heterocycles. The summed E-state index contributed by atoms with van der Waals surface area (Å²) in [4.78, 5) is 5.38. The third kappa shape index (κ3) is 4.40. The van der Waals surface area contributed by atoms with Crippen LogP contribution < -0.4 is 0 Å². The van der Waals surface area contributed by atoms with Crippen molar-refractivity contribution in [1.82, 2.24) is 0 Å². The van der Waals surface area contributed by atoms with Gasteiger partial charge >= 0.3 is 45.1 Å². The summed E-state index contributed by atoms with van der Waals surface area (Å²) in [5.74, 6) is -27.9. The summed E-state index contributed by atoms with van der Waals surface area (Å²) in [5, 5.41) is 0. The summed E-state index contributed by atoms with van der Waals surface area (Å²) in [6, 6.07) is 0. The first kappa shape index (κ1) is 28.1. The molecule has 0 N–H and O–H groups in total. The Morgan fingerprint density at radius 2 is 0.536 bits per heavy atom. The fraction of sp³-hybridized carbons (Fsp3) is 1.00. The van der Waals surface area contributed by atoms with Crippen LogP contribution in [0.25, 0.3) is 0 Å². The monoisotopic (exact) mass is 534 g/mol. The van der Waals surface area contributed by atoms with Gasteiger partial charge in [-0.25, -0.2) is 0 Å². The molecule has 0 saturated carbocycles. The van der Waals surface area contributed by atoms with Crippen molar-refractivity contribution in [2.75, 3.05) is 0 Å². The second kappa shape index (κ2) is 7.35. The second-order valence-corrected chi connectivity index (χ2v) is 7.01. The molecule has 0 amide bonds. The minimum Gasteiger partial charge on any atom is -0.193 e. The van der Waals surface area contributed by atoms with Gasteiger partial charge in [0.2, 0.25) is 0 Å². The van der Waals surface area contributed by atoms with Crippen LogP contribution in [0.1, 0.15) is 0 Å². The molecule has 0 saturated heterocycles. The highest BCUT2D eigenvalue weighted by atomic mass is 35.5. The second-order valence-electron chi connectivity index (χ2n) is 4.49. The molecule has 20 heteroatoms. The summed E-state index contributed by atoms with van der Waals surface area (Å²) in [6.45, 7) is 0. The summed E-state index contributed by atoms with van der Waals surface area (Å²) >= 11 is 17.2. The largest absolute Gasteiger partial charge is 0.460 e. The molecule has 0 atom stereocenters. The number of hydrogen-bond acceptors (Lipinski definition) is 2. The van der Waals surface area contributed by atoms with Gasteiger partial charge in [-0.15, -0.1) is 0 Å². The van der Waals surface area contributed by atoms with Crippen molar-refractivity contribution >= 4 is 46.4 Å². The van der Waals surface area contributed by atoms with E-state index in [4.69, 9.17) is 0 Å².